The van der Waals surface area contributed by atoms with Gasteiger partial charge in [0.05, 0.1) is 5.56 Å². The van der Waals surface area contributed by atoms with Crippen molar-refractivity contribution >= 4 is 28.8 Å². The van der Waals surface area contributed by atoms with E-state index in [9.17, 15) is 9.59 Å². The Morgan fingerprint density at radius 1 is 0.871 bits per heavy atom. The van der Waals surface area contributed by atoms with Crippen LogP contribution in [-0.2, 0) is 0 Å². The lowest BCUT2D eigenvalue weighted by atomic mass is 10.0. The van der Waals surface area contributed by atoms with Crippen molar-refractivity contribution in [3.8, 4) is 10.4 Å². The minimum Gasteiger partial charge on any atom is -0.478 e. The number of thiophene rings is 1. The monoisotopic (exact) mass is 437 g/mol. The minimum atomic E-state index is -0.879. The molecule has 0 aliphatic rings. The van der Waals surface area contributed by atoms with Gasteiger partial charge in [0.15, 0.2) is 0 Å². The Bertz CT molecular complexity index is 965. The average Bonchev–Trinajstić information content (AvgIpc) is 3.35. The van der Waals surface area contributed by atoms with E-state index in [4.69, 9.17) is 10.3 Å². The van der Waals surface area contributed by atoms with Crippen molar-refractivity contribution in [1.29, 1.82) is 0 Å². The Hall–Kier alpha value is -3.25. The second kappa shape index (κ2) is 13.1. The van der Waals surface area contributed by atoms with E-state index in [0.29, 0.717) is 17.5 Å². The minimum absolute atomic E-state index is 0.184. The summed E-state index contributed by atoms with van der Waals surface area (Å²) in [6, 6.07) is 19.8. The summed E-state index contributed by atoms with van der Waals surface area (Å²) in [6.45, 7) is 2.14. The van der Waals surface area contributed by atoms with Gasteiger partial charge in [0.25, 0.3) is 0 Å². The molecule has 3 aromatic rings. The quantitative estimate of drug-likeness (QED) is 0.127. The standard InChI is InChI=1S/C18H21NO2S.C7H6O2/c1-2-3-4-5-7-16(19-21)18(20)15-11-9-14(10-12-15)17-8-6-13-22-17;8-7(9)6-4-2-1-3-5-6/h6,8-13,21H,2-5,7H2,1H3;1-5H,(H,8,9). The van der Waals surface area contributed by atoms with Gasteiger partial charge in [0, 0.05) is 10.4 Å². The Morgan fingerprint density at radius 3 is 2.10 bits per heavy atom. The summed E-state index contributed by atoms with van der Waals surface area (Å²) in [7, 11) is 0. The molecule has 162 valence electrons. The van der Waals surface area contributed by atoms with Crippen LogP contribution in [0.25, 0.3) is 10.4 Å². The number of nitrogens with zero attached hydrogens (tertiary/aromatic N) is 1. The first kappa shape index (κ1) is 24.0. The molecule has 1 aromatic heterocycles. The normalized spacial score (nSPS) is 10.8. The number of carboxylic acid groups (broad SMARTS) is 1. The van der Waals surface area contributed by atoms with Crippen LogP contribution in [0.5, 0.6) is 0 Å². The summed E-state index contributed by atoms with van der Waals surface area (Å²) in [4.78, 5) is 23.7. The number of hydrogen-bond donors (Lipinski definition) is 2. The van der Waals surface area contributed by atoms with Crippen LogP contribution >= 0.6 is 11.3 Å². The molecule has 0 amide bonds. The van der Waals surface area contributed by atoms with E-state index in [1.54, 1.807) is 53.8 Å². The highest BCUT2D eigenvalue weighted by Gasteiger charge is 2.14. The van der Waals surface area contributed by atoms with Gasteiger partial charge in [-0.15, -0.1) is 11.3 Å². The molecule has 6 heteroatoms. The highest BCUT2D eigenvalue weighted by Crippen LogP contribution is 2.25. The zero-order chi connectivity index (χ0) is 22.5. The molecule has 0 atom stereocenters. The van der Waals surface area contributed by atoms with Gasteiger partial charge in [-0.3, -0.25) is 4.79 Å². The number of aromatic carboxylic acids is 1. The number of ketones is 1. The number of benzene rings is 2. The Morgan fingerprint density at radius 2 is 1.58 bits per heavy atom. The number of carboxylic acids is 1. The third-order valence-corrected chi connectivity index (χ3v) is 5.54. The van der Waals surface area contributed by atoms with E-state index in [1.165, 1.54) is 4.88 Å². The van der Waals surface area contributed by atoms with Crippen LogP contribution in [0.2, 0.25) is 0 Å². The summed E-state index contributed by atoms with van der Waals surface area (Å²) in [5, 5.41) is 22.7. The molecule has 0 fully saturated rings. The van der Waals surface area contributed by atoms with E-state index in [0.717, 1.165) is 31.2 Å². The largest absolute Gasteiger partial charge is 0.478 e. The van der Waals surface area contributed by atoms with E-state index >= 15 is 0 Å². The Balaban J connectivity index is 0.000000316. The molecule has 0 radical (unpaired) electrons. The summed E-state index contributed by atoms with van der Waals surface area (Å²) < 4.78 is 0. The highest BCUT2D eigenvalue weighted by molar-refractivity contribution is 7.13. The maximum Gasteiger partial charge on any atom is 0.335 e. The molecule has 2 N–H and O–H groups in total. The maximum atomic E-state index is 12.3. The number of rotatable bonds is 9. The van der Waals surface area contributed by atoms with Gasteiger partial charge >= 0.3 is 5.97 Å². The number of carbonyl (C=O) groups is 2. The van der Waals surface area contributed by atoms with Crippen molar-refractivity contribution in [3.05, 3.63) is 83.2 Å². The topological polar surface area (TPSA) is 87.0 Å². The second-order valence-corrected chi connectivity index (χ2v) is 7.86. The number of unbranched alkanes of at least 4 members (excludes halogenated alkanes) is 3. The number of Topliss-reactive ketones (excluding diaryl/α,β-unsaturated/α-hetero) is 1. The molecule has 0 bridgehead atoms. The second-order valence-electron chi connectivity index (χ2n) is 6.91. The van der Waals surface area contributed by atoms with Gasteiger partial charge in [0.1, 0.15) is 5.71 Å². The molecule has 0 unspecified atom stereocenters. The van der Waals surface area contributed by atoms with E-state index in [1.807, 2.05) is 23.6 Å². The maximum absolute atomic E-state index is 12.3. The van der Waals surface area contributed by atoms with Crippen LogP contribution in [0.4, 0.5) is 0 Å². The molecule has 0 aliphatic heterocycles. The fraction of sp³-hybridized carbons (Fsp3) is 0.240. The van der Waals surface area contributed by atoms with Gasteiger partial charge < -0.3 is 10.3 Å². The molecule has 0 spiro atoms. The summed E-state index contributed by atoms with van der Waals surface area (Å²) >= 11 is 1.67. The zero-order valence-electron chi connectivity index (χ0n) is 17.5. The van der Waals surface area contributed by atoms with Gasteiger partial charge in [0.2, 0.25) is 5.78 Å². The Kier molecular flexibility index (Phi) is 10.2. The van der Waals surface area contributed by atoms with E-state index in [-0.39, 0.29) is 11.5 Å². The van der Waals surface area contributed by atoms with Crippen LogP contribution in [0, 0.1) is 0 Å². The molecule has 5 nitrogen and oxygen atoms in total. The first-order valence-corrected chi connectivity index (χ1v) is 11.1. The highest BCUT2D eigenvalue weighted by atomic mass is 32.1. The third kappa shape index (κ3) is 7.83. The fourth-order valence-electron chi connectivity index (χ4n) is 2.90. The summed E-state index contributed by atoms with van der Waals surface area (Å²) in [5.41, 5.74) is 2.25. The smallest absolute Gasteiger partial charge is 0.335 e. The number of oxime groups is 1. The van der Waals surface area contributed by atoms with Crippen LogP contribution in [0.15, 0.2) is 77.3 Å². The third-order valence-electron chi connectivity index (χ3n) is 4.62. The number of hydrogen-bond acceptors (Lipinski definition) is 5. The summed E-state index contributed by atoms with van der Waals surface area (Å²) in [5.74, 6) is -1.06. The van der Waals surface area contributed by atoms with Gasteiger partial charge in [-0.25, -0.2) is 4.79 Å². The molecule has 2 aromatic carbocycles. The fourth-order valence-corrected chi connectivity index (χ4v) is 3.64. The predicted octanol–water partition coefficient (Wildman–Crippen LogP) is 6.78. The lowest BCUT2D eigenvalue weighted by Crippen LogP contribution is -2.14. The molecular formula is C25H27NO4S. The lowest BCUT2D eigenvalue weighted by molar-refractivity contribution is 0.0696. The van der Waals surface area contributed by atoms with Crippen LogP contribution in [-0.4, -0.2) is 27.8 Å². The molecule has 0 saturated carbocycles. The van der Waals surface area contributed by atoms with Crippen LogP contribution in [0.3, 0.4) is 0 Å². The Labute approximate surface area is 186 Å². The molecule has 0 aliphatic carbocycles. The SMILES string of the molecule is CCCCCCC(=NO)C(=O)c1ccc(-c2cccs2)cc1.O=C(O)c1ccccc1. The van der Waals surface area contributed by atoms with Crippen LogP contribution < -0.4 is 0 Å². The first-order valence-electron chi connectivity index (χ1n) is 10.2. The van der Waals surface area contributed by atoms with Crippen molar-refractivity contribution in [3.63, 3.8) is 0 Å². The average molecular weight is 438 g/mol. The van der Waals surface area contributed by atoms with Gasteiger partial charge in [-0.05, 0) is 42.0 Å². The van der Waals surface area contributed by atoms with Gasteiger partial charge in [-0.2, -0.15) is 0 Å². The number of carbonyl (C=O) groups excluding carboxylic acids is 1. The molecule has 0 saturated heterocycles. The first-order chi connectivity index (χ1) is 15.1. The zero-order valence-corrected chi connectivity index (χ0v) is 18.3. The van der Waals surface area contributed by atoms with Crippen LogP contribution in [0.1, 0.15) is 59.7 Å². The van der Waals surface area contributed by atoms with Gasteiger partial charge in [-0.1, -0.05) is 79.9 Å². The molecular weight excluding hydrogens is 410 g/mol. The van der Waals surface area contributed by atoms with E-state index < -0.39 is 5.97 Å². The summed E-state index contributed by atoms with van der Waals surface area (Å²) in [6.07, 6.45) is 4.75. The molecule has 31 heavy (non-hydrogen) atoms. The molecule has 3 rings (SSSR count). The van der Waals surface area contributed by atoms with E-state index in [2.05, 4.69) is 18.1 Å². The van der Waals surface area contributed by atoms with Crippen molar-refractivity contribution in [2.24, 2.45) is 5.16 Å². The molecule has 1 heterocycles. The predicted molar refractivity (Wildman–Crippen MR) is 125 cm³/mol. The van der Waals surface area contributed by atoms with Crippen molar-refractivity contribution in [1.82, 2.24) is 0 Å². The van der Waals surface area contributed by atoms with Crippen molar-refractivity contribution in [2.75, 3.05) is 0 Å². The van der Waals surface area contributed by atoms with Crippen molar-refractivity contribution < 1.29 is 19.9 Å². The van der Waals surface area contributed by atoms with Crippen molar-refractivity contribution in [2.45, 2.75) is 39.0 Å². The lowest BCUT2D eigenvalue weighted by Gasteiger charge is -2.05.